The van der Waals surface area contributed by atoms with Crippen LogP contribution in [0.25, 0.3) is 100 Å². The Morgan fingerprint density at radius 2 is 0.847 bits per heavy atom. The van der Waals surface area contributed by atoms with E-state index in [1.165, 1.54) is 49.5 Å². The van der Waals surface area contributed by atoms with Crippen LogP contribution in [0.2, 0.25) is 0 Å². The quantitative estimate of drug-likeness (QED) is 0.159. The number of nitrogens with zero attached hydrogens (tertiary/aromatic N) is 3. The van der Waals surface area contributed by atoms with Crippen molar-refractivity contribution in [3.8, 4) is 78.5 Å². The summed E-state index contributed by atoms with van der Waals surface area (Å²) in [6.07, 6.45) is 0. The van der Waals surface area contributed by atoms with E-state index in [0.717, 1.165) is 56.0 Å². The SMILES string of the molecule is CC1(C)c2ccccc2-c2c1ccc1c(-c3ccc(-c4ccc(-c5cc(-c6ccc(-c7ccccc7)cc6)nc(-c6ccccc6)n5)cc4)cc3)nc3ccccc3c21. The molecule has 0 aliphatic heterocycles. The Labute approximate surface area is 344 Å². The molecule has 0 atom stereocenters. The van der Waals surface area contributed by atoms with E-state index in [0.29, 0.717) is 5.82 Å². The molecular formula is C56H39N3. The Balaban J connectivity index is 0.946. The molecule has 0 N–H and O–H groups in total. The van der Waals surface area contributed by atoms with E-state index in [-0.39, 0.29) is 5.41 Å². The average molecular weight is 754 g/mol. The summed E-state index contributed by atoms with van der Waals surface area (Å²) in [7, 11) is 0. The number of hydrogen-bond donors (Lipinski definition) is 0. The molecule has 59 heavy (non-hydrogen) atoms. The van der Waals surface area contributed by atoms with Crippen molar-refractivity contribution >= 4 is 21.7 Å². The second kappa shape index (κ2) is 13.9. The van der Waals surface area contributed by atoms with Gasteiger partial charge in [-0.2, -0.15) is 0 Å². The normalized spacial score (nSPS) is 12.7. The van der Waals surface area contributed by atoms with E-state index in [4.69, 9.17) is 15.0 Å². The summed E-state index contributed by atoms with van der Waals surface area (Å²) in [6.45, 7) is 4.69. The van der Waals surface area contributed by atoms with Crippen LogP contribution in [-0.2, 0) is 5.41 Å². The van der Waals surface area contributed by atoms with Crippen molar-refractivity contribution in [2.24, 2.45) is 0 Å². The maximum absolute atomic E-state index is 5.30. The standard InChI is InChI=1S/C56H39N3/c1-56(2)47-19-11-9-17-44(47)53-48(56)34-33-46-52(53)45-18-10-12-20-49(45)57-54(46)42-31-25-39(26-32-42)38-23-29-41(30-24-38)51-35-50(58-55(59-51)43-15-7-4-8-16-43)40-27-21-37(22-28-40)36-13-5-3-6-14-36/h3-35H,1-2H3. The van der Waals surface area contributed by atoms with Crippen LogP contribution < -0.4 is 0 Å². The lowest BCUT2D eigenvalue weighted by Crippen LogP contribution is -2.14. The summed E-state index contributed by atoms with van der Waals surface area (Å²) >= 11 is 0. The highest BCUT2D eigenvalue weighted by Crippen LogP contribution is 2.53. The van der Waals surface area contributed by atoms with E-state index in [2.05, 4.69) is 190 Å². The second-order valence-electron chi connectivity index (χ2n) is 16.0. The van der Waals surface area contributed by atoms with E-state index < -0.39 is 0 Å². The molecule has 2 aromatic heterocycles. The molecule has 278 valence electrons. The molecule has 0 saturated heterocycles. The fraction of sp³-hybridized carbons (Fsp3) is 0.0536. The highest BCUT2D eigenvalue weighted by Gasteiger charge is 2.36. The summed E-state index contributed by atoms with van der Waals surface area (Å²) in [6, 6.07) is 71.1. The minimum atomic E-state index is -0.0725. The molecule has 8 aromatic carbocycles. The van der Waals surface area contributed by atoms with Crippen LogP contribution in [-0.4, -0.2) is 15.0 Å². The molecule has 0 bridgehead atoms. The fourth-order valence-corrected chi connectivity index (χ4v) is 9.03. The van der Waals surface area contributed by atoms with Crippen molar-refractivity contribution in [2.75, 3.05) is 0 Å². The van der Waals surface area contributed by atoms with Crippen molar-refractivity contribution in [3.63, 3.8) is 0 Å². The van der Waals surface area contributed by atoms with E-state index >= 15 is 0 Å². The van der Waals surface area contributed by atoms with Gasteiger partial charge in [-0.05, 0) is 56.6 Å². The Morgan fingerprint density at radius 1 is 0.356 bits per heavy atom. The monoisotopic (exact) mass is 753 g/mol. The second-order valence-corrected chi connectivity index (χ2v) is 16.0. The minimum absolute atomic E-state index is 0.0725. The lowest BCUT2D eigenvalue weighted by molar-refractivity contribution is 0.661. The molecule has 0 fully saturated rings. The summed E-state index contributed by atoms with van der Waals surface area (Å²) in [5.74, 6) is 0.706. The van der Waals surface area contributed by atoms with Gasteiger partial charge in [0.2, 0.25) is 0 Å². The van der Waals surface area contributed by atoms with Crippen LogP contribution in [0, 0.1) is 0 Å². The van der Waals surface area contributed by atoms with Gasteiger partial charge in [0, 0.05) is 43.8 Å². The number of hydrogen-bond acceptors (Lipinski definition) is 3. The van der Waals surface area contributed by atoms with Gasteiger partial charge in [0.15, 0.2) is 5.82 Å². The molecule has 1 aliphatic carbocycles. The molecule has 1 aliphatic rings. The number of aromatic nitrogens is 3. The first kappa shape index (κ1) is 34.7. The maximum atomic E-state index is 5.30. The topological polar surface area (TPSA) is 38.7 Å². The van der Waals surface area contributed by atoms with Crippen LogP contribution in [0.5, 0.6) is 0 Å². The van der Waals surface area contributed by atoms with Crippen molar-refractivity contribution in [1.29, 1.82) is 0 Å². The van der Waals surface area contributed by atoms with Gasteiger partial charge >= 0.3 is 0 Å². The maximum Gasteiger partial charge on any atom is 0.160 e. The Kier molecular flexibility index (Phi) is 8.16. The predicted octanol–water partition coefficient (Wildman–Crippen LogP) is 14.5. The van der Waals surface area contributed by atoms with Crippen LogP contribution >= 0.6 is 0 Å². The first-order chi connectivity index (χ1) is 29.0. The average Bonchev–Trinajstić information content (AvgIpc) is 3.55. The molecule has 3 nitrogen and oxygen atoms in total. The zero-order valence-corrected chi connectivity index (χ0v) is 32.9. The Morgan fingerprint density at radius 3 is 1.47 bits per heavy atom. The first-order valence-electron chi connectivity index (χ1n) is 20.3. The largest absolute Gasteiger partial charge is 0.247 e. The summed E-state index contributed by atoms with van der Waals surface area (Å²) < 4.78 is 0. The van der Waals surface area contributed by atoms with Crippen LogP contribution in [0.1, 0.15) is 25.0 Å². The summed E-state index contributed by atoms with van der Waals surface area (Å²) in [4.78, 5) is 15.4. The third kappa shape index (κ3) is 5.94. The molecule has 0 unspecified atom stereocenters. The fourth-order valence-electron chi connectivity index (χ4n) is 9.03. The van der Waals surface area contributed by atoms with E-state index in [1.54, 1.807) is 0 Å². The molecular weight excluding hydrogens is 715 g/mol. The molecule has 2 heterocycles. The van der Waals surface area contributed by atoms with Gasteiger partial charge in [-0.15, -0.1) is 0 Å². The summed E-state index contributed by atoms with van der Waals surface area (Å²) in [5.41, 5.74) is 18.0. The molecule has 0 radical (unpaired) electrons. The number of rotatable bonds is 6. The van der Waals surface area contributed by atoms with Crippen molar-refractivity contribution in [1.82, 2.24) is 15.0 Å². The van der Waals surface area contributed by atoms with Crippen LogP contribution in [0.4, 0.5) is 0 Å². The molecule has 0 saturated carbocycles. The van der Waals surface area contributed by atoms with Crippen molar-refractivity contribution in [3.05, 3.63) is 211 Å². The lowest BCUT2D eigenvalue weighted by Gasteiger charge is -2.22. The van der Waals surface area contributed by atoms with Crippen LogP contribution in [0.15, 0.2) is 200 Å². The van der Waals surface area contributed by atoms with Gasteiger partial charge in [0.25, 0.3) is 0 Å². The van der Waals surface area contributed by atoms with Gasteiger partial charge in [-0.3, -0.25) is 0 Å². The zero-order chi connectivity index (χ0) is 39.5. The smallest absolute Gasteiger partial charge is 0.160 e. The number of para-hydroxylation sites is 1. The van der Waals surface area contributed by atoms with Gasteiger partial charge in [-0.25, -0.2) is 15.0 Å². The van der Waals surface area contributed by atoms with Gasteiger partial charge in [0.05, 0.1) is 22.6 Å². The van der Waals surface area contributed by atoms with Crippen molar-refractivity contribution < 1.29 is 0 Å². The third-order valence-electron chi connectivity index (χ3n) is 12.1. The number of benzene rings is 8. The minimum Gasteiger partial charge on any atom is -0.247 e. The van der Waals surface area contributed by atoms with Gasteiger partial charge in [-0.1, -0.05) is 202 Å². The zero-order valence-electron chi connectivity index (χ0n) is 32.9. The molecule has 0 spiro atoms. The highest BCUT2D eigenvalue weighted by atomic mass is 14.9. The third-order valence-corrected chi connectivity index (χ3v) is 12.1. The van der Waals surface area contributed by atoms with E-state index in [1.807, 2.05) is 24.3 Å². The Hall–Kier alpha value is -7.49. The highest BCUT2D eigenvalue weighted by molar-refractivity contribution is 6.19. The molecule has 0 amide bonds. The lowest BCUT2D eigenvalue weighted by atomic mass is 9.82. The predicted molar refractivity (Wildman–Crippen MR) is 245 cm³/mol. The first-order valence-corrected chi connectivity index (χ1v) is 20.3. The molecule has 3 heteroatoms. The van der Waals surface area contributed by atoms with Gasteiger partial charge in [0.1, 0.15) is 0 Å². The number of pyridine rings is 1. The van der Waals surface area contributed by atoms with Gasteiger partial charge < -0.3 is 0 Å². The number of fused-ring (bicyclic) bond motifs is 7. The van der Waals surface area contributed by atoms with E-state index in [9.17, 15) is 0 Å². The van der Waals surface area contributed by atoms with Crippen molar-refractivity contribution in [2.45, 2.75) is 19.3 Å². The molecule has 10 aromatic rings. The molecule has 11 rings (SSSR count). The van der Waals surface area contributed by atoms with Crippen LogP contribution in [0.3, 0.4) is 0 Å². The Bertz CT molecular complexity index is 3190. The summed E-state index contributed by atoms with van der Waals surface area (Å²) in [5, 5.41) is 3.66.